The number of rotatable bonds is 7. The zero-order valence-electron chi connectivity index (χ0n) is 11.7. The summed E-state index contributed by atoms with van der Waals surface area (Å²) in [7, 11) is 0. The number of anilines is 1. The Labute approximate surface area is 127 Å². The fraction of sp³-hybridized carbons (Fsp3) is 0.500. The molecule has 1 rings (SSSR count). The first-order valence-electron chi connectivity index (χ1n) is 6.56. The molecular formula is C14H20BrFN2O2. The van der Waals surface area contributed by atoms with Crippen LogP contribution in [0, 0.1) is 5.82 Å². The zero-order chi connectivity index (χ0) is 15.1. The van der Waals surface area contributed by atoms with Gasteiger partial charge in [-0.25, -0.2) is 4.39 Å². The molecule has 0 heterocycles. The van der Waals surface area contributed by atoms with E-state index in [1.54, 1.807) is 0 Å². The van der Waals surface area contributed by atoms with Crippen LogP contribution in [0.3, 0.4) is 0 Å². The lowest BCUT2D eigenvalue weighted by molar-refractivity contribution is 0.0754. The van der Waals surface area contributed by atoms with Crippen LogP contribution in [-0.2, 0) is 4.74 Å². The second-order valence-corrected chi connectivity index (χ2v) is 5.59. The third kappa shape index (κ3) is 5.46. The summed E-state index contributed by atoms with van der Waals surface area (Å²) in [6, 6.07) is 2.53. The molecular weight excluding hydrogens is 327 g/mol. The van der Waals surface area contributed by atoms with Gasteiger partial charge in [0.05, 0.1) is 17.4 Å². The van der Waals surface area contributed by atoms with E-state index in [0.29, 0.717) is 23.2 Å². The van der Waals surface area contributed by atoms with E-state index in [2.05, 4.69) is 21.2 Å². The van der Waals surface area contributed by atoms with Gasteiger partial charge in [-0.15, -0.1) is 0 Å². The summed E-state index contributed by atoms with van der Waals surface area (Å²) >= 11 is 3.16. The van der Waals surface area contributed by atoms with Gasteiger partial charge in [0, 0.05) is 17.6 Å². The van der Waals surface area contributed by atoms with Gasteiger partial charge in [-0.1, -0.05) is 0 Å². The first kappa shape index (κ1) is 16.9. The van der Waals surface area contributed by atoms with Crippen molar-refractivity contribution in [2.75, 3.05) is 18.9 Å². The number of unbranched alkanes of at least 4 members (excludes halogenated alkanes) is 1. The van der Waals surface area contributed by atoms with Gasteiger partial charge in [0.1, 0.15) is 5.82 Å². The third-order valence-corrected chi connectivity index (χ3v) is 3.29. The van der Waals surface area contributed by atoms with Crippen molar-refractivity contribution in [2.24, 2.45) is 0 Å². The Morgan fingerprint density at radius 2 is 2.15 bits per heavy atom. The maximum absolute atomic E-state index is 13.2. The molecule has 0 spiro atoms. The third-order valence-electron chi connectivity index (χ3n) is 2.64. The highest BCUT2D eigenvalue weighted by Crippen LogP contribution is 2.22. The normalized spacial score (nSPS) is 10.8. The maximum Gasteiger partial charge on any atom is 0.252 e. The number of nitrogens with one attached hydrogen (secondary N) is 1. The second-order valence-electron chi connectivity index (χ2n) is 4.74. The van der Waals surface area contributed by atoms with E-state index in [-0.39, 0.29) is 17.7 Å². The van der Waals surface area contributed by atoms with E-state index in [4.69, 9.17) is 10.5 Å². The Balaban J connectivity index is 2.38. The largest absolute Gasteiger partial charge is 0.396 e. The summed E-state index contributed by atoms with van der Waals surface area (Å²) in [6.07, 6.45) is 1.93. The molecule has 0 saturated heterocycles. The van der Waals surface area contributed by atoms with Crippen LogP contribution >= 0.6 is 15.9 Å². The summed E-state index contributed by atoms with van der Waals surface area (Å²) in [5.74, 6) is -0.812. The molecule has 4 nitrogen and oxygen atoms in total. The van der Waals surface area contributed by atoms with E-state index >= 15 is 0 Å². The predicted molar refractivity (Wildman–Crippen MR) is 81.2 cm³/mol. The minimum atomic E-state index is -0.542. The first-order valence-corrected chi connectivity index (χ1v) is 7.35. The summed E-state index contributed by atoms with van der Waals surface area (Å²) in [4.78, 5) is 11.9. The van der Waals surface area contributed by atoms with Gasteiger partial charge < -0.3 is 15.8 Å². The number of ether oxygens (including phenoxy) is 1. The smallest absolute Gasteiger partial charge is 0.252 e. The van der Waals surface area contributed by atoms with Crippen LogP contribution in [0.5, 0.6) is 0 Å². The van der Waals surface area contributed by atoms with E-state index in [9.17, 15) is 9.18 Å². The molecule has 0 aliphatic heterocycles. The van der Waals surface area contributed by atoms with Crippen LogP contribution in [0.2, 0.25) is 0 Å². The monoisotopic (exact) mass is 346 g/mol. The van der Waals surface area contributed by atoms with Crippen LogP contribution in [0.4, 0.5) is 10.1 Å². The summed E-state index contributed by atoms with van der Waals surface area (Å²) in [5, 5.41) is 2.77. The molecule has 20 heavy (non-hydrogen) atoms. The van der Waals surface area contributed by atoms with Gasteiger partial charge >= 0.3 is 0 Å². The lowest BCUT2D eigenvalue weighted by atomic mass is 10.2. The minimum Gasteiger partial charge on any atom is -0.396 e. The van der Waals surface area contributed by atoms with Crippen molar-refractivity contribution in [3.63, 3.8) is 0 Å². The summed E-state index contributed by atoms with van der Waals surface area (Å²) < 4.78 is 19.0. The Hall–Kier alpha value is -1.14. The molecule has 1 aromatic carbocycles. The lowest BCUT2D eigenvalue weighted by Gasteiger charge is -2.09. The molecule has 0 aliphatic carbocycles. The molecule has 3 N–H and O–H groups in total. The van der Waals surface area contributed by atoms with Gasteiger partial charge in [-0.2, -0.15) is 0 Å². The molecule has 0 bridgehead atoms. The molecule has 0 fully saturated rings. The Kier molecular flexibility index (Phi) is 6.95. The number of amides is 1. The first-order chi connectivity index (χ1) is 9.41. The van der Waals surface area contributed by atoms with Gasteiger partial charge in [-0.3, -0.25) is 4.79 Å². The van der Waals surface area contributed by atoms with Crippen molar-refractivity contribution in [1.82, 2.24) is 5.32 Å². The molecule has 1 amide bonds. The second kappa shape index (κ2) is 8.21. The van der Waals surface area contributed by atoms with E-state index in [1.807, 2.05) is 13.8 Å². The zero-order valence-corrected chi connectivity index (χ0v) is 13.3. The fourth-order valence-electron chi connectivity index (χ4n) is 1.58. The highest BCUT2D eigenvalue weighted by Gasteiger charge is 2.12. The quantitative estimate of drug-likeness (QED) is 0.588. The standard InChI is InChI=1S/C14H20BrFN2O2/c1-9(2)20-6-4-3-5-18-14(19)10-7-13(17)12(16)8-11(10)15/h7-9H,3-6,17H2,1-2H3,(H,18,19). The average Bonchev–Trinajstić information content (AvgIpc) is 2.37. The van der Waals surface area contributed by atoms with Crippen LogP contribution in [0.25, 0.3) is 0 Å². The number of carbonyl (C=O) groups is 1. The number of halogens is 2. The van der Waals surface area contributed by atoms with Crippen LogP contribution in [0.15, 0.2) is 16.6 Å². The number of carbonyl (C=O) groups excluding carboxylic acids is 1. The van der Waals surface area contributed by atoms with Gasteiger partial charge in [0.2, 0.25) is 0 Å². The fourth-order valence-corrected chi connectivity index (χ4v) is 2.08. The SMILES string of the molecule is CC(C)OCCCCNC(=O)c1cc(N)c(F)cc1Br. The number of nitrogen functional groups attached to an aromatic ring is 1. The molecule has 6 heteroatoms. The molecule has 0 saturated carbocycles. The highest BCUT2D eigenvalue weighted by molar-refractivity contribution is 9.10. The van der Waals surface area contributed by atoms with Gasteiger partial charge in [0.25, 0.3) is 5.91 Å². The van der Waals surface area contributed by atoms with E-state index in [0.717, 1.165) is 12.8 Å². The Bertz CT molecular complexity index is 467. The summed E-state index contributed by atoms with van der Waals surface area (Å²) in [5.41, 5.74) is 5.75. The van der Waals surface area contributed by atoms with Crippen molar-refractivity contribution in [2.45, 2.75) is 32.8 Å². The topological polar surface area (TPSA) is 64.3 Å². The predicted octanol–water partition coefficient (Wildman–Crippen LogP) is 3.11. The van der Waals surface area contributed by atoms with Crippen molar-refractivity contribution in [3.05, 3.63) is 28.0 Å². The van der Waals surface area contributed by atoms with E-state index < -0.39 is 5.82 Å². The van der Waals surface area contributed by atoms with Crippen LogP contribution < -0.4 is 11.1 Å². The highest BCUT2D eigenvalue weighted by atomic mass is 79.9. The van der Waals surface area contributed by atoms with Crippen molar-refractivity contribution in [1.29, 1.82) is 0 Å². The molecule has 112 valence electrons. The van der Waals surface area contributed by atoms with Crippen molar-refractivity contribution in [3.8, 4) is 0 Å². The molecule has 0 radical (unpaired) electrons. The Morgan fingerprint density at radius 1 is 1.45 bits per heavy atom. The number of nitrogens with two attached hydrogens (primary N) is 1. The molecule has 0 unspecified atom stereocenters. The van der Waals surface area contributed by atoms with Gasteiger partial charge in [0.15, 0.2) is 0 Å². The number of benzene rings is 1. The maximum atomic E-state index is 13.2. The molecule has 0 aromatic heterocycles. The lowest BCUT2D eigenvalue weighted by Crippen LogP contribution is -2.25. The van der Waals surface area contributed by atoms with Gasteiger partial charge in [-0.05, 0) is 54.8 Å². The van der Waals surface area contributed by atoms with Crippen LogP contribution in [-0.4, -0.2) is 25.2 Å². The summed E-state index contributed by atoms with van der Waals surface area (Å²) in [6.45, 7) is 5.20. The van der Waals surface area contributed by atoms with E-state index in [1.165, 1.54) is 12.1 Å². The van der Waals surface area contributed by atoms with Crippen LogP contribution in [0.1, 0.15) is 37.0 Å². The molecule has 0 atom stereocenters. The number of hydrogen-bond donors (Lipinski definition) is 2. The minimum absolute atomic E-state index is 0.0383. The molecule has 0 aliphatic rings. The Morgan fingerprint density at radius 3 is 2.80 bits per heavy atom. The molecule has 1 aromatic rings. The number of hydrogen-bond acceptors (Lipinski definition) is 3. The van der Waals surface area contributed by atoms with Crippen molar-refractivity contribution >= 4 is 27.5 Å². The average molecular weight is 347 g/mol. The van der Waals surface area contributed by atoms with Crippen molar-refractivity contribution < 1.29 is 13.9 Å².